The van der Waals surface area contributed by atoms with Crippen LogP contribution in [0.2, 0.25) is 5.15 Å². The number of nitrogen functional groups attached to an aromatic ring is 1. The summed E-state index contributed by atoms with van der Waals surface area (Å²) in [5.74, 6) is -0.239. The van der Waals surface area contributed by atoms with Crippen LogP contribution in [0.5, 0.6) is 0 Å². The van der Waals surface area contributed by atoms with E-state index in [-0.39, 0.29) is 29.0 Å². The van der Waals surface area contributed by atoms with Crippen LogP contribution in [0.25, 0.3) is 0 Å². The lowest BCUT2D eigenvalue weighted by Gasteiger charge is -2.19. The highest BCUT2D eigenvalue weighted by Crippen LogP contribution is 2.24. The zero-order valence-corrected chi connectivity index (χ0v) is 11.0. The molecular weight excluding hydrogens is 257 g/mol. The minimum Gasteiger partial charge on any atom is -0.375 e. The summed E-state index contributed by atoms with van der Waals surface area (Å²) in [6.45, 7) is 5.68. The SMILES string of the molecule is CC(C)(C)NC(=O)c1sc(N)nc1Cl.Cl. The molecule has 0 saturated heterocycles. The van der Waals surface area contributed by atoms with Crippen molar-refractivity contribution in [1.82, 2.24) is 10.3 Å². The molecule has 7 heteroatoms. The Kier molecular flexibility index (Phi) is 4.83. The zero-order valence-electron chi connectivity index (χ0n) is 8.63. The van der Waals surface area contributed by atoms with Crippen LogP contribution in [0.15, 0.2) is 0 Å². The third kappa shape index (κ3) is 4.24. The summed E-state index contributed by atoms with van der Waals surface area (Å²) in [6, 6.07) is 0. The van der Waals surface area contributed by atoms with Crippen molar-refractivity contribution in [3.8, 4) is 0 Å². The second-order valence-electron chi connectivity index (χ2n) is 3.88. The molecule has 1 amide bonds. The second-order valence-corrected chi connectivity index (χ2v) is 5.26. The van der Waals surface area contributed by atoms with Gasteiger partial charge in [0.2, 0.25) is 0 Å². The van der Waals surface area contributed by atoms with Gasteiger partial charge in [-0.2, -0.15) is 0 Å². The van der Waals surface area contributed by atoms with E-state index in [1.807, 2.05) is 20.8 Å². The molecule has 0 aromatic carbocycles. The van der Waals surface area contributed by atoms with Gasteiger partial charge in [0.15, 0.2) is 10.3 Å². The van der Waals surface area contributed by atoms with Crippen molar-refractivity contribution in [2.75, 3.05) is 5.73 Å². The minimum absolute atomic E-state index is 0. The zero-order chi connectivity index (χ0) is 10.9. The lowest BCUT2D eigenvalue weighted by atomic mass is 10.1. The van der Waals surface area contributed by atoms with Crippen molar-refractivity contribution in [2.24, 2.45) is 0 Å². The fourth-order valence-corrected chi connectivity index (χ4v) is 1.82. The predicted molar refractivity (Wildman–Crippen MR) is 66.0 cm³/mol. The number of anilines is 1. The molecule has 0 atom stereocenters. The van der Waals surface area contributed by atoms with Crippen LogP contribution in [0, 0.1) is 0 Å². The lowest BCUT2D eigenvalue weighted by molar-refractivity contribution is 0.0923. The van der Waals surface area contributed by atoms with Crippen LogP contribution in [-0.4, -0.2) is 16.4 Å². The van der Waals surface area contributed by atoms with E-state index in [0.717, 1.165) is 11.3 Å². The predicted octanol–water partition coefficient (Wildman–Crippen LogP) is 2.33. The first-order chi connectivity index (χ1) is 6.29. The first-order valence-electron chi connectivity index (χ1n) is 4.04. The van der Waals surface area contributed by atoms with E-state index in [1.54, 1.807) is 0 Å². The van der Waals surface area contributed by atoms with Crippen LogP contribution in [0.3, 0.4) is 0 Å². The van der Waals surface area contributed by atoms with Crippen LogP contribution < -0.4 is 11.1 Å². The maximum Gasteiger partial charge on any atom is 0.265 e. The molecule has 0 aliphatic carbocycles. The molecule has 86 valence electrons. The summed E-state index contributed by atoms with van der Waals surface area (Å²) in [5.41, 5.74) is 5.13. The maximum atomic E-state index is 11.6. The van der Waals surface area contributed by atoms with Gasteiger partial charge in [0.1, 0.15) is 4.88 Å². The smallest absolute Gasteiger partial charge is 0.265 e. The van der Waals surface area contributed by atoms with Crippen molar-refractivity contribution in [2.45, 2.75) is 26.3 Å². The topological polar surface area (TPSA) is 68.0 Å². The highest BCUT2D eigenvalue weighted by molar-refractivity contribution is 7.17. The largest absolute Gasteiger partial charge is 0.375 e. The fraction of sp³-hybridized carbons (Fsp3) is 0.500. The van der Waals surface area contributed by atoms with Gasteiger partial charge in [-0.25, -0.2) is 4.98 Å². The molecular formula is C8H13Cl2N3OS. The number of nitrogens with two attached hydrogens (primary N) is 1. The summed E-state index contributed by atoms with van der Waals surface area (Å²) in [5, 5.41) is 3.24. The summed E-state index contributed by atoms with van der Waals surface area (Å²) in [7, 11) is 0. The average Bonchev–Trinajstić information content (AvgIpc) is 2.26. The molecule has 0 radical (unpaired) electrons. The lowest BCUT2D eigenvalue weighted by Crippen LogP contribution is -2.40. The van der Waals surface area contributed by atoms with Gasteiger partial charge >= 0.3 is 0 Å². The van der Waals surface area contributed by atoms with Crippen molar-refractivity contribution in [3.63, 3.8) is 0 Å². The van der Waals surface area contributed by atoms with Gasteiger partial charge in [-0.15, -0.1) is 12.4 Å². The molecule has 0 spiro atoms. The second kappa shape index (κ2) is 5.01. The van der Waals surface area contributed by atoms with Gasteiger partial charge in [-0.05, 0) is 20.8 Å². The van der Waals surface area contributed by atoms with Gasteiger partial charge in [0.05, 0.1) is 0 Å². The van der Waals surface area contributed by atoms with E-state index < -0.39 is 0 Å². The number of carbonyl (C=O) groups excluding carboxylic acids is 1. The Balaban J connectivity index is 0.00000196. The maximum absolute atomic E-state index is 11.6. The van der Waals surface area contributed by atoms with Crippen LogP contribution in [-0.2, 0) is 0 Å². The molecule has 0 aliphatic rings. The summed E-state index contributed by atoms with van der Waals surface area (Å²) >= 11 is 6.81. The highest BCUT2D eigenvalue weighted by atomic mass is 35.5. The third-order valence-corrected chi connectivity index (χ3v) is 2.57. The van der Waals surface area contributed by atoms with Gasteiger partial charge in [-0.3, -0.25) is 4.79 Å². The molecule has 1 aromatic heterocycles. The summed E-state index contributed by atoms with van der Waals surface area (Å²) in [4.78, 5) is 15.7. The molecule has 1 heterocycles. The number of amides is 1. The molecule has 0 aliphatic heterocycles. The van der Waals surface area contributed by atoms with Crippen LogP contribution in [0.1, 0.15) is 30.4 Å². The minimum atomic E-state index is -0.292. The number of hydrogen-bond acceptors (Lipinski definition) is 4. The summed E-state index contributed by atoms with van der Waals surface area (Å²) < 4.78 is 0. The van der Waals surface area contributed by atoms with Crippen molar-refractivity contribution >= 4 is 46.4 Å². The Labute approximate surface area is 104 Å². The number of rotatable bonds is 1. The number of carbonyl (C=O) groups is 1. The molecule has 1 rings (SSSR count). The van der Waals surface area contributed by atoms with E-state index in [4.69, 9.17) is 17.3 Å². The van der Waals surface area contributed by atoms with E-state index in [9.17, 15) is 4.79 Å². The van der Waals surface area contributed by atoms with Gasteiger partial charge in [-0.1, -0.05) is 22.9 Å². The number of nitrogens with one attached hydrogen (secondary N) is 1. The molecule has 1 aromatic rings. The van der Waals surface area contributed by atoms with E-state index in [1.165, 1.54) is 0 Å². The Morgan fingerprint density at radius 2 is 2.07 bits per heavy atom. The Morgan fingerprint density at radius 1 is 1.53 bits per heavy atom. The quantitative estimate of drug-likeness (QED) is 0.823. The normalized spacial score (nSPS) is 10.7. The van der Waals surface area contributed by atoms with Crippen molar-refractivity contribution in [3.05, 3.63) is 10.0 Å². The average molecular weight is 270 g/mol. The first kappa shape index (κ1) is 14.5. The van der Waals surface area contributed by atoms with Gasteiger partial charge in [0, 0.05) is 5.54 Å². The van der Waals surface area contributed by atoms with E-state index >= 15 is 0 Å². The van der Waals surface area contributed by atoms with Gasteiger partial charge in [0.25, 0.3) is 5.91 Å². The Bertz CT molecular complexity index is 359. The molecule has 0 bridgehead atoms. The third-order valence-electron chi connectivity index (χ3n) is 1.30. The monoisotopic (exact) mass is 269 g/mol. The molecule has 15 heavy (non-hydrogen) atoms. The number of thiazole rings is 1. The number of nitrogens with zero attached hydrogens (tertiary/aromatic N) is 1. The standard InChI is InChI=1S/C8H12ClN3OS.ClH/c1-8(2,3)12-6(13)4-5(9)11-7(10)14-4;/h1-3H3,(H2,10,11)(H,12,13);1H. The van der Waals surface area contributed by atoms with E-state index in [2.05, 4.69) is 10.3 Å². The molecule has 3 N–H and O–H groups in total. The fourth-order valence-electron chi connectivity index (χ4n) is 0.854. The molecule has 4 nitrogen and oxygen atoms in total. The first-order valence-corrected chi connectivity index (χ1v) is 5.23. The van der Waals surface area contributed by atoms with Crippen LogP contribution in [0.4, 0.5) is 5.13 Å². The number of halogens is 2. The Morgan fingerprint density at radius 3 is 2.40 bits per heavy atom. The molecule has 0 unspecified atom stereocenters. The highest BCUT2D eigenvalue weighted by Gasteiger charge is 2.20. The van der Waals surface area contributed by atoms with Crippen molar-refractivity contribution < 1.29 is 4.79 Å². The van der Waals surface area contributed by atoms with Crippen LogP contribution >= 0.6 is 35.3 Å². The number of hydrogen-bond donors (Lipinski definition) is 2. The van der Waals surface area contributed by atoms with Crippen molar-refractivity contribution in [1.29, 1.82) is 0 Å². The van der Waals surface area contributed by atoms with E-state index in [0.29, 0.717) is 10.0 Å². The van der Waals surface area contributed by atoms with Gasteiger partial charge < -0.3 is 11.1 Å². The molecule has 0 fully saturated rings. The Hall–Kier alpha value is -0.520. The molecule has 0 saturated carbocycles. The number of aromatic nitrogens is 1. The summed E-state index contributed by atoms with van der Waals surface area (Å²) in [6.07, 6.45) is 0.